The Morgan fingerprint density at radius 1 is 1.27 bits per heavy atom. The standard InChI is InChI=1S/C16H22N2O3.ClH/c17-10-11-7-8-15(21-11)16(19)18-13-5-3-9-20-14-6-2-1-4-12(13)14;/h1-2,4,6,11,13,15H,3,5,7-10,17H2,(H,18,19);1H/t11-,13?,15+;/m1./s1. The number of halogens is 1. The highest BCUT2D eigenvalue weighted by molar-refractivity contribution is 5.85. The summed E-state index contributed by atoms with van der Waals surface area (Å²) in [6.45, 7) is 1.17. The maximum absolute atomic E-state index is 12.4. The summed E-state index contributed by atoms with van der Waals surface area (Å²) >= 11 is 0. The summed E-state index contributed by atoms with van der Waals surface area (Å²) in [6.07, 6.45) is 3.07. The summed E-state index contributed by atoms with van der Waals surface area (Å²) in [5, 5.41) is 3.12. The van der Waals surface area contributed by atoms with Gasteiger partial charge in [0.2, 0.25) is 5.91 Å². The van der Waals surface area contributed by atoms with Crippen molar-refractivity contribution >= 4 is 18.3 Å². The van der Waals surface area contributed by atoms with Crippen LogP contribution in [0.3, 0.4) is 0 Å². The van der Waals surface area contributed by atoms with Gasteiger partial charge in [0.1, 0.15) is 11.9 Å². The van der Waals surface area contributed by atoms with Crippen LogP contribution in [0.1, 0.15) is 37.3 Å². The van der Waals surface area contributed by atoms with Crippen molar-refractivity contribution in [2.75, 3.05) is 13.2 Å². The fraction of sp³-hybridized carbons (Fsp3) is 0.562. The van der Waals surface area contributed by atoms with E-state index in [-0.39, 0.29) is 36.6 Å². The minimum Gasteiger partial charge on any atom is -0.493 e. The second-order valence-electron chi connectivity index (χ2n) is 5.65. The number of ether oxygens (including phenoxy) is 2. The molecule has 122 valence electrons. The molecule has 3 N–H and O–H groups in total. The first kappa shape index (κ1) is 17.1. The molecule has 3 atom stereocenters. The van der Waals surface area contributed by atoms with E-state index < -0.39 is 0 Å². The van der Waals surface area contributed by atoms with Crippen LogP contribution in [-0.2, 0) is 9.53 Å². The van der Waals surface area contributed by atoms with E-state index in [1.54, 1.807) is 0 Å². The van der Waals surface area contributed by atoms with E-state index in [0.717, 1.165) is 37.0 Å². The molecule has 1 saturated heterocycles. The molecule has 0 bridgehead atoms. The van der Waals surface area contributed by atoms with Crippen LogP contribution in [0.25, 0.3) is 0 Å². The second-order valence-corrected chi connectivity index (χ2v) is 5.65. The van der Waals surface area contributed by atoms with Crippen LogP contribution >= 0.6 is 12.4 Å². The van der Waals surface area contributed by atoms with E-state index >= 15 is 0 Å². The number of fused-ring (bicyclic) bond motifs is 1. The van der Waals surface area contributed by atoms with Crippen LogP contribution < -0.4 is 15.8 Å². The van der Waals surface area contributed by atoms with Gasteiger partial charge in [0.05, 0.1) is 18.8 Å². The molecule has 0 aliphatic carbocycles. The molecule has 22 heavy (non-hydrogen) atoms. The average molecular weight is 327 g/mol. The van der Waals surface area contributed by atoms with Gasteiger partial charge in [-0.15, -0.1) is 12.4 Å². The fourth-order valence-corrected chi connectivity index (χ4v) is 3.01. The smallest absolute Gasteiger partial charge is 0.249 e. The molecule has 0 saturated carbocycles. The summed E-state index contributed by atoms with van der Waals surface area (Å²) in [5.41, 5.74) is 6.64. The summed E-state index contributed by atoms with van der Waals surface area (Å²) in [7, 11) is 0. The number of carbonyl (C=O) groups is 1. The largest absolute Gasteiger partial charge is 0.493 e. The predicted molar refractivity (Wildman–Crippen MR) is 86.3 cm³/mol. The zero-order valence-electron chi connectivity index (χ0n) is 12.5. The normalized spacial score (nSPS) is 27.0. The molecule has 1 unspecified atom stereocenters. The van der Waals surface area contributed by atoms with Crippen LogP contribution in [0.4, 0.5) is 0 Å². The minimum atomic E-state index is -0.366. The second kappa shape index (κ2) is 7.81. The first-order valence-electron chi connectivity index (χ1n) is 7.65. The molecule has 0 aromatic heterocycles. The Morgan fingerprint density at radius 3 is 2.86 bits per heavy atom. The summed E-state index contributed by atoms with van der Waals surface area (Å²) in [6, 6.07) is 7.90. The fourth-order valence-electron chi connectivity index (χ4n) is 3.01. The number of para-hydroxylation sites is 1. The van der Waals surface area contributed by atoms with Crippen LogP contribution in [0, 0.1) is 0 Å². The van der Waals surface area contributed by atoms with Gasteiger partial charge >= 0.3 is 0 Å². The molecule has 0 radical (unpaired) electrons. The number of nitrogens with two attached hydrogens (primary N) is 1. The lowest BCUT2D eigenvalue weighted by atomic mass is 10.0. The Morgan fingerprint density at radius 2 is 2.09 bits per heavy atom. The van der Waals surface area contributed by atoms with Crippen molar-refractivity contribution in [3.8, 4) is 5.75 Å². The van der Waals surface area contributed by atoms with Crippen molar-refractivity contribution in [1.82, 2.24) is 5.32 Å². The lowest BCUT2D eigenvalue weighted by molar-refractivity contribution is -0.132. The van der Waals surface area contributed by atoms with Crippen molar-refractivity contribution in [2.24, 2.45) is 5.73 Å². The van der Waals surface area contributed by atoms with Crippen molar-refractivity contribution in [1.29, 1.82) is 0 Å². The van der Waals surface area contributed by atoms with Crippen LogP contribution in [0.15, 0.2) is 24.3 Å². The van der Waals surface area contributed by atoms with E-state index in [4.69, 9.17) is 15.2 Å². The first-order valence-corrected chi connectivity index (χ1v) is 7.65. The van der Waals surface area contributed by atoms with E-state index in [1.165, 1.54) is 0 Å². The maximum Gasteiger partial charge on any atom is 0.249 e. The number of carbonyl (C=O) groups excluding carboxylic acids is 1. The molecular weight excluding hydrogens is 304 g/mol. The highest BCUT2D eigenvalue weighted by atomic mass is 35.5. The van der Waals surface area contributed by atoms with Gasteiger partial charge in [-0.2, -0.15) is 0 Å². The molecule has 2 aliphatic heterocycles. The van der Waals surface area contributed by atoms with E-state index in [1.807, 2.05) is 24.3 Å². The SMILES string of the molecule is Cl.NC[C@H]1CC[C@@H](C(=O)NC2CCCOc3ccccc32)O1. The van der Waals surface area contributed by atoms with Crippen molar-refractivity contribution in [3.05, 3.63) is 29.8 Å². The van der Waals surface area contributed by atoms with Gasteiger partial charge in [-0.1, -0.05) is 18.2 Å². The van der Waals surface area contributed by atoms with Gasteiger partial charge in [0.15, 0.2) is 0 Å². The molecule has 1 aromatic rings. The molecule has 2 aliphatic rings. The topological polar surface area (TPSA) is 73.6 Å². The van der Waals surface area contributed by atoms with E-state index in [9.17, 15) is 4.79 Å². The highest BCUT2D eigenvalue weighted by Crippen LogP contribution is 2.31. The summed E-state index contributed by atoms with van der Waals surface area (Å²) in [5.74, 6) is 0.833. The van der Waals surface area contributed by atoms with Gasteiger partial charge in [-0.25, -0.2) is 0 Å². The molecular formula is C16H23ClN2O3. The number of hydrogen-bond donors (Lipinski definition) is 2. The van der Waals surface area contributed by atoms with Crippen molar-refractivity contribution < 1.29 is 14.3 Å². The van der Waals surface area contributed by atoms with Gasteiger partial charge in [0, 0.05) is 12.1 Å². The monoisotopic (exact) mass is 326 g/mol. The summed E-state index contributed by atoms with van der Waals surface area (Å²) in [4.78, 5) is 12.4. The highest BCUT2D eigenvalue weighted by Gasteiger charge is 2.32. The van der Waals surface area contributed by atoms with Gasteiger partial charge in [-0.05, 0) is 31.7 Å². The van der Waals surface area contributed by atoms with Gasteiger partial charge < -0.3 is 20.5 Å². The number of hydrogen-bond acceptors (Lipinski definition) is 4. The zero-order valence-corrected chi connectivity index (χ0v) is 13.3. The average Bonchev–Trinajstić information content (AvgIpc) is 2.91. The molecule has 0 spiro atoms. The Bertz CT molecular complexity index is 512. The Labute approximate surface area is 137 Å². The van der Waals surface area contributed by atoms with Crippen molar-refractivity contribution in [3.63, 3.8) is 0 Å². The lowest BCUT2D eigenvalue weighted by Crippen LogP contribution is -2.37. The predicted octanol–water partition coefficient (Wildman–Crippen LogP) is 1.94. The van der Waals surface area contributed by atoms with E-state index in [2.05, 4.69) is 5.32 Å². The number of benzene rings is 1. The minimum absolute atomic E-state index is 0. The number of rotatable bonds is 3. The van der Waals surface area contributed by atoms with Gasteiger partial charge in [0.25, 0.3) is 0 Å². The van der Waals surface area contributed by atoms with Crippen LogP contribution in [0.2, 0.25) is 0 Å². The molecule has 3 rings (SSSR count). The molecule has 5 nitrogen and oxygen atoms in total. The maximum atomic E-state index is 12.4. The molecule has 1 fully saturated rings. The molecule has 2 heterocycles. The Hall–Kier alpha value is -1.30. The third kappa shape index (κ3) is 3.72. The Kier molecular flexibility index (Phi) is 6.06. The van der Waals surface area contributed by atoms with Gasteiger partial charge in [-0.3, -0.25) is 4.79 Å². The first-order chi connectivity index (χ1) is 10.3. The summed E-state index contributed by atoms with van der Waals surface area (Å²) < 4.78 is 11.4. The number of nitrogens with one attached hydrogen (secondary N) is 1. The van der Waals surface area contributed by atoms with Crippen molar-refractivity contribution in [2.45, 2.75) is 43.9 Å². The zero-order chi connectivity index (χ0) is 14.7. The van der Waals surface area contributed by atoms with Crippen LogP contribution in [-0.4, -0.2) is 31.3 Å². The Balaban J connectivity index is 0.00000176. The quantitative estimate of drug-likeness (QED) is 0.890. The molecule has 1 aromatic carbocycles. The third-order valence-electron chi connectivity index (χ3n) is 4.17. The molecule has 1 amide bonds. The van der Waals surface area contributed by atoms with Crippen LogP contribution in [0.5, 0.6) is 5.75 Å². The number of amides is 1. The molecule has 6 heteroatoms. The van der Waals surface area contributed by atoms with E-state index in [0.29, 0.717) is 13.2 Å². The lowest BCUT2D eigenvalue weighted by Gasteiger charge is -2.20. The third-order valence-corrected chi connectivity index (χ3v) is 4.17.